The Bertz CT molecular complexity index is 948. The maximum absolute atomic E-state index is 13.0. The minimum atomic E-state index is -4.38. The molecule has 1 fully saturated rings. The van der Waals surface area contributed by atoms with E-state index in [1.807, 2.05) is 36.1 Å². The number of amides is 2. The molecule has 2 aromatic carbocycles. The monoisotopic (exact) mass is 477 g/mol. The number of hydrogen-bond acceptors (Lipinski definition) is 4. The normalized spacial score (nSPS) is 16.1. The van der Waals surface area contributed by atoms with Crippen molar-refractivity contribution >= 4 is 23.1 Å². The second kappa shape index (κ2) is 11.0. The molecule has 2 aromatic rings. The van der Waals surface area contributed by atoms with Gasteiger partial charge >= 0.3 is 12.2 Å². The van der Waals surface area contributed by atoms with Gasteiger partial charge in [0.15, 0.2) is 0 Å². The fourth-order valence-corrected chi connectivity index (χ4v) is 4.09. The third-order valence-electron chi connectivity index (χ3n) is 6.35. The number of likely N-dealkylation sites (N-methyl/N-ethyl adjacent to an activating group) is 3. The Hall–Kier alpha value is -2.94. The summed E-state index contributed by atoms with van der Waals surface area (Å²) in [7, 11) is 5.88. The highest BCUT2D eigenvalue weighted by Crippen LogP contribution is 2.31. The first-order valence-electron chi connectivity index (χ1n) is 11.5. The minimum absolute atomic E-state index is 0.262. The molecule has 34 heavy (non-hydrogen) atoms. The van der Waals surface area contributed by atoms with Gasteiger partial charge in [-0.3, -0.25) is 0 Å². The first-order valence-corrected chi connectivity index (χ1v) is 11.5. The minimum Gasteiger partial charge on any atom is -0.370 e. The van der Waals surface area contributed by atoms with Crippen molar-refractivity contribution in [1.29, 1.82) is 0 Å². The van der Waals surface area contributed by atoms with Crippen molar-refractivity contribution < 1.29 is 18.0 Å². The molecule has 2 amide bonds. The van der Waals surface area contributed by atoms with Crippen molar-refractivity contribution in [3.63, 3.8) is 0 Å². The standard InChI is InChI=1S/C25H34F3N5O/c1-5-32(22-8-6-7-19(17-22)25(26,27)28)16-15-31(4)24(34)29-20-9-11-21(12-10-20)33-14-13-23(18-33)30(2)3/h6-12,17,23H,5,13-16,18H2,1-4H3,(H,29,34). The fourth-order valence-electron chi connectivity index (χ4n) is 4.09. The molecule has 0 aromatic heterocycles. The van der Waals surface area contributed by atoms with Crippen LogP contribution in [0.5, 0.6) is 0 Å². The molecule has 0 spiro atoms. The highest BCUT2D eigenvalue weighted by atomic mass is 19.4. The summed E-state index contributed by atoms with van der Waals surface area (Å²) in [5.74, 6) is 0. The highest BCUT2D eigenvalue weighted by molar-refractivity contribution is 5.89. The van der Waals surface area contributed by atoms with E-state index >= 15 is 0 Å². The summed E-state index contributed by atoms with van der Waals surface area (Å²) in [6.45, 7) is 5.20. The quantitative estimate of drug-likeness (QED) is 0.591. The van der Waals surface area contributed by atoms with Gasteiger partial charge in [0.05, 0.1) is 5.56 Å². The van der Waals surface area contributed by atoms with Crippen molar-refractivity contribution in [2.24, 2.45) is 0 Å². The topological polar surface area (TPSA) is 42.1 Å². The summed E-state index contributed by atoms with van der Waals surface area (Å²) in [6, 6.07) is 13.4. The van der Waals surface area contributed by atoms with Crippen LogP contribution >= 0.6 is 0 Å². The third-order valence-corrected chi connectivity index (χ3v) is 6.35. The molecule has 1 unspecified atom stereocenters. The average Bonchev–Trinajstić information content (AvgIpc) is 3.30. The van der Waals surface area contributed by atoms with Crippen LogP contribution in [0.3, 0.4) is 0 Å². The van der Waals surface area contributed by atoms with Crippen LogP contribution in [0.4, 0.5) is 35.0 Å². The molecule has 1 aliphatic rings. The van der Waals surface area contributed by atoms with Crippen LogP contribution in [0.15, 0.2) is 48.5 Å². The van der Waals surface area contributed by atoms with Gasteiger partial charge < -0.3 is 24.9 Å². The van der Waals surface area contributed by atoms with E-state index < -0.39 is 11.7 Å². The van der Waals surface area contributed by atoms with E-state index in [0.29, 0.717) is 37.1 Å². The van der Waals surface area contributed by atoms with Crippen LogP contribution < -0.4 is 15.1 Å². The summed E-state index contributed by atoms with van der Waals surface area (Å²) >= 11 is 0. The zero-order valence-corrected chi connectivity index (χ0v) is 20.3. The lowest BCUT2D eigenvalue weighted by Crippen LogP contribution is -2.38. The van der Waals surface area contributed by atoms with E-state index in [1.165, 1.54) is 11.0 Å². The van der Waals surface area contributed by atoms with E-state index in [0.717, 1.165) is 37.3 Å². The number of anilines is 3. The Balaban J connectivity index is 1.52. The summed E-state index contributed by atoms with van der Waals surface area (Å²) in [5, 5.41) is 2.89. The van der Waals surface area contributed by atoms with Gasteiger partial charge in [0, 0.05) is 62.9 Å². The van der Waals surface area contributed by atoms with Crippen molar-refractivity contribution in [2.75, 3.05) is 69.0 Å². The number of benzene rings is 2. The van der Waals surface area contributed by atoms with Gasteiger partial charge in [0.25, 0.3) is 0 Å². The van der Waals surface area contributed by atoms with E-state index in [2.05, 4.69) is 29.2 Å². The van der Waals surface area contributed by atoms with Crippen LogP contribution in [0, 0.1) is 0 Å². The van der Waals surface area contributed by atoms with Crippen molar-refractivity contribution in [3.8, 4) is 0 Å². The largest absolute Gasteiger partial charge is 0.416 e. The molecule has 1 heterocycles. The van der Waals surface area contributed by atoms with Gasteiger partial charge in [0.1, 0.15) is 0 Å². The summed E-state index contributed by atoms with van der Waals surface area (Å²) < 4.78 is 39.1. The van der Waals surface area contributed by atoms with Crippen LogP contribution in [0.2, 0.25) is 0 Å². The number of rotatable bonds is 8. The predicted molar refractivity (Wildman–Crippen MR) is 132 cm³/mol. The van der Waals surface area contributed by atoms with Crippen LogP contribution in [0.25, 0.3) is 0 Å². The van der Waals surface area contributed by atoms with E-state index in [4.69, 9.17) is 0 Å². The maximum atomic E-state index is 13.0. The van der Waals surface area contributed by atoms with Gasteiger partial charge in [0.2, 0.25) is 0 Å². The number of halogens is 3. The molecule has 1 saturated heterocycles. The molecule has 0 aliphatic carbocycles. The van der Waals surface area contributed by atoms with Gasteiger partial charge in [-0.2, -0.15) is 13.2 Å². The highest BCUT2D eigenvalue weighted by Gasteiger charge is 2.30. The molecular weight excluding hydrogens is 443 g/mol. The Kier molecular flexibility index (Phi) is 8.30. The molecule has 0 bridgehead atoms. The lowest BCUT2D eigenvalue weighted by atomic mass is 10.2. The molecule has 3 rings (SSSR count). The number of urea groups is 1. The van der Waals surface area contributed by atoms with Crippen molar-refractivity contribution in [2.45, 2.75) is 25.6 Å². The Labute approximate surface area is 199 Å². The SMILES string of the molecule is CCN(CCN(C)C(=O)Nc1ccc(N2CCC(N(C)C)C2)cc1)c1cccc(C(F)(F)F)c1. The molecule has 6 nitrogen and oxygen atoms in total. The maximum Gasteiger partial charge on any atom is 0.416 e. The molecular formula is C25H34F3N5O. The van der Waals surface area contributed by atoms with Gasteiger partial charge in [-0.25, -0.2) is 4.79 Å². The van der Waals surface area contributed by atoms with Gasteiger partial charge in [-0.05, 0) is 69.9 Å². The summed E-state index contributed by atoms with van der Waals surface area (Å²) in [4.78, 5) is 20.6. The lowest BCUT2D eigenvalue weighted by Gasteiger charge is -2.27. The lowest BCUT2D eigenvalue weighted by molar-refractivity contribution is -0.137. The molecule has 1 atom stereocenters. The van der Waals surface area contributed by atoms with Crippen molar-refractivity contribution in [1.82, 2.24) is 9.80 Å². The van der Waals surface area contributed by atoms with Crippen molar-refractivity contribution in [3.05, 3.63) is 54.1 Å². The van der Waals surface area contributed by atoms with Gasteiger partial charge in [-0.1, -0.05) is 6.07 Å². The molecule has 186 valence electrons. The summed E-state index contributed by atoms with van der Waals surface area (Å²) in [6.07, 6.45) is -3.25. The zero-order chi connectivity index (χ0) is 24.9. The molecule has 9 heteroatoms. The zero-order valence-electron chi connectivity index (χ0n) is 20.3. The van der Waals surface area contributed by atoms with E-state index in [-0.39, 0.29) is 6.03 Å². The number of carbonyl (C=O) groups excluding carboxylic acids is 1. The first kappa shape index (κ1) is 25.7. The Morgan fingerprint density at radius 3 is 2.38 bits per heavy atom. The number of alkyl halides is 3. The second-order valence-corrected chi connectivity index (χ2v) is 8.88. The Morgan fingerprint density at radius 2 is 1.79 bits per heavy atom. The number of nitrogens with one attached hydrogen (secondary N) is 1. The van der Waals surface area contributed by atoms with Gasteiger partial charge in [-0.15, -0.1) is 0 Å². The van der Waals surface area contributed by atoms with E-state index in [9.17, 15) is 18.0 Å². The molecule has 0 saturated carbocycles. The predicted octanol–water partition coefficient (Wildman–Crippen LogP) is 4.84. The van der Waals surface area contributed by atoms with Crippen LogP contribution in [0.1, 0.15) is 18.9 Å². The molecule has 1 aliphatic heterocycles. The number of nitrogens with zero attached hydrogens (tertiary/aromatic N) is 4. The third kappa shape index (κ3) is 6.56. The fraction of sp³-hybridized carbons (Fsp3) is 0.480. The second-order valence-electron chi connectivity index (χ2n) is 8.88. The molecule has 0 radical (unpaired) electrons. The number of carbonyl (C=O) groups is 1. The van der Waals surface area contributed by atoms with Crippen LogP contribution in [-0.4, -0.2) is 75.7 Å². The molecule has 1 N–H and O–H groups in total. The summed E-state index contributed by atoms with van der Waals surface area (Å²) in [5.41, 5.74) is 1.65. The smallest absolute Gasteiger partial charge is 0.370 e. The van der Waals surface area contributed by atoms with Crippen LogP contribution in [-0.2, 0) is 6.18 Å². The number of hydrogen-bond donors (Lipinski definition) is 1. The average molecular weight is 478 g/mol. The van der Waals surface area contributed by atoms with E-state index in [1.54, 1.807) is 13.1 Å². The first-order chi connectivity index (χ1) is 16.1. The Morgan fingerprint density at radius 1 is 1.09 bits per heavy atom.